The van der Waals surface area contributed by atoms with E-state index in [1.54, 1.807) is 13.0 Å². The first-order valence-electron chi connectivity index (χ1n) is 13.4. The lowest BCUT2D eigenvalue weighted by Crippen LogP contribution is -2.52. The van der Waals surface area contributed by atoms with Crippen molar-refractivity contribution >= 4 is 16.9 Å². The van der Waals surface area contributed by atoms with Crippen LogP contribution in [0.25, 0.3) is 11.0 Å². The fourth-order valence-corrected chi connectivity index (χ4v) is 6.42. The van der Waals surface area contributed by atoms with E-state index >= 15 is 0 Å². The summed E-state index contributed by atoms with van der Waals surface area (Å²) >= 11 is 0. The molecule has 0 saturated carbocycles. The lowest BCUT2D eigenvalue weighted by molar-refractivity contribution is -0.170. The minimum absolute atomic E-state index is 0.117. The van der Waals surface area contributed by atoms with E-state index in [1.807, 2.05) is 19.9 Å². The van der Waals surface area contributed by atoms with Crippen LogP contribution in [0.4, 0.5) is 0 Å². The van der Waals surface area contributed by atoms with Gasteiger partial charge in [0, 0.05) is 30.2 Å². The molecule has 0 aliphatic carbocycles. The van der Waals surface area contributed by atoms with Gasteiger partial charge in [-0.3, -0.25) is 4.79 Å². The van der Waals surface area contributed by atoms with Crippen molar-refractivity contribution in [2.45, 2.75) is 88.6 Å². The fraction of sp³-hybridized carbons (Fsp3) is 0.517. The van der Waals surface area contributed by atoms with Gasteiger partial charge in [0.25, 0.3) is 0 Å². The standard InChI is InChI=1S/C29H34N2O7/c1-15-12-18(32)24-19(35-15)14-20-23(25(24)33)17-6-4-5-10-29(27(34)36-26(17)28(2,3)37-20)21(38-29)8-7-16-9-11-31-22(30)13-16/h9,12-14,17,21,26,31,33H,4-8,10-11,30H2,1-3H3. The lowest BCUT2D eigenvalue weighted by atomic mass is 9.77. The monoisotopic (exact) mass is 522 g/mol. The van der Waals surface area contributed by atoms with E-state index in [9.17, 15) is 14.7 Å². The van der Waals surface area contributed by atoms with Crippen molar-refractivity contribution in [3.63, 3.8) is 0 Å². The number of allylic oxidation sites excluding steroid dienone is 2. The Bertz CT molecular complexity index is 1440. The summed E-state index contributed by atoms with van der Waals surface area (Å²) in [5.74, 6) is 0.650. The number of ether oxygens (including phenoxy) is 3. The van der Waals surface area contributed by atoms with Gasteiger partial charge in [0.1, 0.15) is 39.9 Å². The number of esters is 1. The SMILES string of the molecule is Cc1cc(=O)c2c(O)c3c(cc2o1)OC(C)(C)C1OC(=O)C2(CCCCC31)OC2CCC1=CCNC(N)=C1. The van der Waals surface area contributed by atoms with Crippen LogP contribution in [0.3, 0.4) is 0 Å². The van der Waals surface area contributed by atoms with Gasteiger partial charge in [0.2, 0.25) is 0 Å². The van der Waals surface area contributed by atoms with Crippen LogP contribution in [0.15, 0.2) is 44.9 Å². The largest absolute Gasteiger partial charge is 0.507 e. The molecule has 38 heavy (non-hydrogen) atoms. The Balaban J connectivity index is 1.30. The van der Waals surface area contributed by atoms with Crippen molar-refractivity contribution < 1.29 is 28.5 Å². The number of phenols is 1. The Morgan fingerprint density at radius 1 is 1.21 bits per heavy atom. The Kier molecular flexibility index (Phi) is 5.75. The predicted molar refractivity (Wildman–Crippen MR) is 140 cm³/mol. The van der Waals surface area contributed by atoms with Gasteiger partial charge in [-0.1, -0.05) is 12.5 Å². The normalized spacial score (nSPS) is 29.9. The highest BCUT2D eigenvalue weighted by Crippen LogP contribution is 2.53. The number of phenolic OH excluding ortho intramolecular Hbond substituents is 1. The number of dihydropyridines is 1. The van der Waals surface area contributed by atoms with Gasteiger partial charge in [0.15, 0.2) is 11.0 Å². The molecule has 0 amide bonds. The number of carbonyl (C=O) groups is 1. The van der Waals surface area contributed by atoms with Crippen LogP contribution in [-0.2, 0) is 14.3 Å². The van der Waals surface area contributed by atoms with Gasteiger partial charge in [-0.25, -0.2) is 4.79 Å². The summed E-state index contributed by atoms with van der Waals surface area (Å²) in [5, 5.41) is 14.5. The molecule has 0 bridgehead atoms. The summed E-state index contributed by atoms with van der Waals surface area (Å²) in [6, 6.07) is 3.03. The second-order valence-electron chi connectivity index (χ2n) is 11.4. The molecule has 2 aromatic rings. The zero-order chi connectivity index (χ0) is 26.8. The number of nitrogens with two attached hydrogens (primary N) is 1. The van der Waals surface area contributed by atoms with Crippen LogP contribution in [-0.4, -0.2) is 41.0 Å². The molecule has 4 atom stereocenters. The molecule has 5 heterocycles. The minimum atomic E-state index is -0.960. The molecule has 2 saturated heterocycles. The number of hydrogen-bond acceptors (Lipinski definition) is 9. The summed E-state index contributed by atoms with van der Waals surface area (Å²) in [4.78, 5) is 26.4. The first kappa shape index (κ1) is 24.9. The molecule has 9 heteroatoms. The van der Waals surface area contributed by atoms with Gasteiger partial charge in [-0.15, -0.1) is 0 Å². The van der Waals surface area contributed by atoms with E-state index in [1.165, 1.54) is 6.07 Å². The number of aryl methyl sites for hydroxylation is 1. The predicted octanol–water partition coefficient (Wildman–Crippen LogP) is 3.79. The van der Waals surface area contributed by atoms with Crippen LogP contribution in [0.2, 0.25) is 0 Å². The third kappa shape index (κ3) is 4.04. The second-order valence-corrected chi connectivity index (χ2v) is 11.4. The molecule has 4 aliphatic heterocycles. The van der Waals surface area contributed by atoms with Gasteiger partial charge in [-0.2, -0.15) is 0 Å². The molecule has 1 aromatic carbocycles. The lowest BCUT2D eigenvalue weighted by Gasteiger charge is -2.44. The highest BCUT2D eigenvalue weighted by molar-refractivity contribution is 5.88. The average Bonchev–Trinajstić information content (AvgIpc) is 3.53. The molecule has 1 aromatic heterocycles. The van der Waals surface area contributed by atoms with Gasteiger partial charge in [-0.05, 0) is 64.5 Å². The van der Waals surface area contributed by atoms with Crippen LogP contribution in [0.1, 0.15) is 69.6 Å². The number of benzene rings is 1. The van der Waals surface area contributed by atoms with Crippen molar-refractivity contribution in [2.75, 3.05) is 6.54 Å². The summed E-state index contributed by atoms with van der Waals surface area (Å²) in [6.45, 7) is 6.14. The van der Waals surface area contributed by atoms with E-state index in [0.29, 0.717) is 48.7 Å². The first-order valence-corrected chi connectivity index (χ1v) is 13.4. The summed E-state index contributed by atoms with van der Waals surface area (Å²) < 4.78 is 24.4. The maximum absolute atomic E-state index is 13.7. The molecular weight excluding hydrogens is 488 g/mol. The third-order valence-corrected chi connectivity index (χ3v) is 8.33. The van der Waals surface area contributed by atoms with E-state index in [-0.39, 0.29) is 40.1 Å². The highest BCUT2D eigenvalue weighted by atomic mass is 16.7. The topological polar surface area (TPSA) is 137 Å². The van der Waals surface area contributed by atoms with Crippen molar-refractivity contribution in [1.29, 1.82) is 0 Å². The molecule has 2 fully saturated rings. The Morgan fingerprint density at radius 3 is 2.82 bits per heavy atom. The quantitative estimate of drug-likeness (QED) is 0.406. The summed E-state index contributed by atoms with van der Waals surface area (Å²) in [5.41, 5.74) is 5.63. The van der Waals surface area contributed by atoms with Crippen LogP contribution >= 0.6 is 0 Å². The van der Waals surface area contributed by atoms with E-state index in [4.69, 9.17) is 24.4 Å². The molecule has 9 nitrogen and oxygen atoms in total. The minimum Gasteiger partial charge on any atom is -0.507 e. The summed E-state index contributed by atoms with van der Waals surface area (Å²) in [6.07, 6.45) is 7.41. The van der Waals surface area contributed by atoms with Crippen molar-refractivity contribution in [2.24, 2.45) is 5.73 Å². The van der Waals surface area contributed by atoms with Gasteiger partial charge in [0.05, 0.1) is 11.9 Å². The van der Waals surface area contributed by atoms with Crippen molar-refractivity contribution in [3.05, 3.63) is 57.2 Å². The molecule has 202 valence electrons. The second kappa shape index (κ2) is 8.80. The molecule has 4 unspecified atom stereocenters. The van der Waals surface area contributed by atoms with Crippen LogP contribution in [0, 0.1) is 6.92 Å². The maximum Gasteiger partial charge on any atom is 0.341 e. The number of nitrogens with one attached hydrogen (secondary N) is 1. The maximum atomic E-state index is 13.7. The average molecular weight is 523 g/mol. The van der Waals surface area contributed by atoms with Crippen LogP contribution in [0.5, 0.6) is 11.5 Å². The zero-order valence-electron chi connectivity index (χ0n) is 22.0. The molecule has 4 aliphatic rings. The van der Waals surface area contributed by atoms with E-state index in [2.05, 4.69) is 11.4 Å². The number of epoxide rings is 1. The molecule has 4 N–H and O–H groups in total. The number of fused-ring (bicyclic) bond motifs is 4. The van der Waals surface area contributed by atoms with Gasteiger partial charge >= 0.3 is 5.97 Å². The van der Waals surface area contributed by atoms with Crippen molar-refractivity contribution in [3.8, 4) is 11.5 Å². The third-order valence-electron chi connectivity index (χ3n) is 8.33. The van der Waals surface area contributed by atoms with E-state index < -0.39 is 17.3 Å². The smallest absolute Gasteiger partial charge is 0.341 e. The van der Waals surface area contributed by atoms with E-state index in [0.717, 1.165) is 24.8 Å². The number of aromatic hydroxyl groups is 1. The number of carbonyl (C=O) groups excluding carboxylic acids is 1. The molecule has 1 spiro atoms. The molecule has 0 radical (unpaired) electrons. The highest BCUT2D eigenvalue weighted by Gasteiger charge is 2.64. The Hall–Kier alpha value is -3.46. The Labute approximate surface area is 220 Å². The van der Waals surface area contributed by atoms with Gasteiger partial charge < -0.3 is 34.8 Å². The van der Waals surface area contributed by atoms with Crippen LogP contribution < -0.4 is 21.2 Å². The van der Waals surface area contributed by atoms with Crippen molar-refractivity contribution in [1.82, 2.24) is 5.32 Å². The number of rotatable bonds is 3. The molecular formula is C29H34N2O7. The number of hydrogen-bond donors (Lipinski definition) is 3. The molecule has 6 rings (SSSR count). The first-order chi connectivity index (χ1) is 18.1. The summed E-state index contributed by atoms with van der Waals surface area (Å²) in [7, 11) is 0. The zero-order valence-corrected chi connectivity index (χ0v) is 22.0. The Morgan fingerprint density at radius 2 is 2.03 bits per heavy atom. The fourth-order valence-electron chi connectivity index (χ4n) is 6.42.